The topological polar surface area (TPSA) is 84.4 Å². The van der Waals surface area contributed by atoms with Gasteiger partial charge in [0.15, 0.2) is 0 Å². The molecule has 1 aromatic heterocycles. The smallest absolute Gasteiger partial charge is 0.269 e. The zero-order valence-electron chi connectivity index (χ0n) is 12.1. The molecule has 1 aromatic rings. The van der Waals surface area contributed by atoms with Crippen molar-refractivity contribution in [3.63, 3.8) is 0 Å². The van der Waals surface area contributed by atoms with E-state index < -0.39 is 11.5 Å². The second-order valence-corrected chi connectivity index (χ2v) is 6.70. The van der Waals surface area contributed by atoms with Crippen LogP contribution in [0.2, 0.25) is 0 Å². The molecular weight excluding hydrogens is 256 g/mol. The number of rotatable bonds is 2. The Hall–Kier alpha value is -1.40. The highest BCUT2D eigenvalue weighted by atomic mass is 16.3. The molecule has 0 bridgehead atoms. The van der Waals surface area contributed by atoms with E-state index in [0.29, 0.717) is 5.69 Å². The van der Waals surface area contributed by atoms with Crippen molar-refractivity contribution in [2.75, 3.05) is 13.1 Å². The van der Waals surface area contributed by atoms with Crippen LogP contribution in [0, 0.1) is 5.41 Å². The van der Waals surface area contributed by atoms with E-state index in [2.05, 4.69) is 16.9 Å². The van der Waals surface area contributed by atoms with E-state index in [9.17, 15) is 9.90 Å². The van der Waals surface area contributed by atoms with Crippen LogP contribution in [0.5, 0.6) is 0 Å². The Morgan fingerprint density at radius 2 is 2.20 bits per heavy atom. The molecular formula is C14H22N4O2. The van der Waals surface area contributed by atoms with Crippen molar-refractivity contribution in [1.29, 1.82) is 0 Å². The lowest BCUT2D eigenvalue weighted by molar-refractivity contribution is -0.131. The molecule has 1 aliphatic carbocycles. The fraction of sp³-hybridized carbons (Fsp3) is 0.714. The van der Waals surface area contributed by atoms with E-state index in [-0.39, 0.29) is 5.41 Å². The maximum absolute atomic E-state index is 11.3. The molecule has 0 radical (unpaired) electrons. The highest BCUT2D eigenvalue weighted by Crippen LogP contribution is 2.50. The van der Waals surface area contributed by atoms with Crippen LogP contribution in [-0.4, -0.2) is 44.4 Å². The number of primary amides is 1. The summed E-state index contributed by atoms with van der Waals surface area (Å²) in [5.41, 5.74) is 6.18. The highest BCUT2D eigenvalue weighted by Gasteiger charge is 2.52. The molecule has 0 unspecified atom stereocenters. The number of nitrogens with two attached hydrogens (primary N) is 1. The van der Waals surface area contributed by atoms with Crippen molar-refractivity contribution in [1.82, 2.24) is 14.7 Å². The average molecular weight is 278 g/mol. The van der Waals surface area contributed by atoms with Crippen LogP contribution >= 0.6 is 0 Å². The SMILES string of the molecule is CCN1Cc2cc(C(N)=O)nn2CC2(C1)CC(C)(O)C2. The van der Waals surface area contributed by atoms with Crippen molar-refractivity contribution < 1.29 is 9.90 Å². The molecule has 0 aromatic carbocycles. The minimum Gasteiger partial charge on any atom is -0.390 e. The monoisotopic (exact) mass is 278 g/mol. The molecule has 2 aliphatic rings. The first-order valence-electron chi connectivity index (χ1n) is 7.14. The molecule has 3 N–H and O–H groups in total. The lowest BCUT2D eigenvalue weighted by Crippen LogP contribution is -2.56. The van der Waals surface area contributed by atoms with Crippen molar-refractivity contribution in [3.8, 4) is 0 Å². The molecule has 0 atom stereocenters. The Labute approximate surface area is 118 Å². The quantitative estimate of drug-likeness (QED) is 0.817. The van der Waals surface area contributed by atoms with Crippen LogP contribution in [0.15, 0.2) is 6.07 Å². The Balaban J connectivity index is 1.92. The van der Waals surface area contributed by atoms with Gasteiger partial charge in [-0.1, -0.05) is 6.92 Å². The summed E-state index contributed by atoms with van der Waals surface area (Å²) in [6.07, 6.45) is 1.56. The first kappa shape index (κ1) is 13.6. The zero-order valence-corrected chi connectivity index (χ0v) is 12.1. The van der Waals surface area contributed by atoms with Gasteiger partial charge in [0.2, 0.25) is 0 Å². The molecule has 3 rings (SSSR count). The van der Waals surface area contributed by atoms with Gasteiger partial charge < -0.3 is 10.8 Å². The van der Waals surface area contributed by atoms with E-state index in [4.69, 9.17) is 5.73 Å². The molecule has 6 heteroatoms. The molecule has 1 saturated carbocycles. The van der Waals surface area contributed by atoms with Crippen LogP contribution in [0.4, 0.5) is 0 Å². The van der Waals surface area contributed by atoms with Gasteiger partial charge in [0.05, 0.1) is 11.3 Å². The normalized spacial score (nSPS) is 33.5. The summed E-state index contributed by atoms with van der Waals surface area (Å²) < 4.78 is 1.91. The Kier molecular flexibility index (Phi) is 2.92. The van der Waals surface area contributed by atoms with Gasteiger partial charge in [-0.05, 0) is 32.4 Å². The summed E-state index contributed by atoms with van der Waals surface area (Å²) in [7, 11) is 0. The second kappa shape index (κ2) is 4.30. The predicted octanol–water partition coefficient (Wildman–Crippen LogP) is 0.349. The van der Waals surface area contributed by atoms with Gasteiger partial charge in [-0.25, -0.2) is 0 Å². The minimum atomic E-state index is -0.566. The number of carbonyl (C=O) groups excluding carboxylic acids is 1. The number of aliphatic hydroxyl groups is 1. The molecule has 6 nitrogen and oxygen atoms in total. The minimum absolute atomic E-state index is 0.0612. The first-order chi connectivity index (χ1) is 9.32. The predicted molar refractivity (Wildman–Crippen MR) is 74.0 cm³/mol. The lowest BCUT2D eigenvalue weighted by atomic mass is 9.59. The summed E-state index contributed by atoms with van der Waals surface area (Å²) in [5.74, 6) is -0.483. The van der Waals surface area contributed by atoms with Crippen molar-refractivity contribution in [2.24, 2.45) is 11.1 Å². The second-order valence-electron chi connectivity index (χ2n) is 6.70. The molecule has 1 aliphatic heterocycles. The van der Waals surface area contributed by atoms with Gasteiger partial charge in [0.25, 0.3) is 5.91 Å². The van der Waals surface area contributed by atoms with Gasteiger partial charge in [-0.3, -0.25) is 14.4 Å². The number of aromatic nitrogens is 2. The molecule has 0 saturated heterocycles. The summed E-state index contributed by atoms with van der Waals surface area (Å²) in [5, 5.41) is 14.4. The summed E-state index contributed by atoms with van der Waals surface area (Å²) in [6.45, 7) is 7.46. The molecule has 2 heterocycles. The number of carbonyl (C=O) groups is 1. The number of nitrogens with zero attached hydrogens (tertiary/aromatic N) is 3. The van der Waals surface area contributed by atoms with E-state index in [1.54, 1.807) is 6.07 Å². The number of amides is 1. The van der Waals surface area contributed by atoms with Crippen LogP contribution < -0.4 is 5.73 Å². The molecule has 1 fully saturated rings. The summed E-state index contributed by atoms with van der Waals surface area (Å²) in [6, 6.07) is 1.79. The third-order valence-corrected chi connectivity index (χ3v) is 4.50. The van der Waals surface area contributed by atoms with E-state index >= 15 is 0 Å². The van der Waals surface area contributed by atoms with Gasteiger partial charge >= 0.3 is 0 Å². The maximum Gasteiger partial charge on any atom is 0.269 e. The van der Waals surface area contributed by atoms with Gasteiger partial charge in [0, 0.05) is 25.0 Å². The zero-order chi connectivity index (χ0) is 14.5. The van der Waals surface area contributed by atoms with Gasteiger partial charge in [-0.2, -0.15) is 5.10 Å². The van der Waals surface area contributed by atoms with Gasteiger partial charge in [-0.15, -0.1) is 0 Å². The number of fused-ring (bicyclic) bond motifs is 1. The fourth-order valence-electron chi connectivity index (χ4n) is 3.98. The largest absolute Gasteiger partial charge is 0.390 e. The third kappa shape index (κ3) is 2.23. The van der Waals surface area contributed by atoms with Crippen LogP contribution in [0.3, 0.4) is 0 Å². The maximum atomic E-state index is 11.3. The summed E-state index contributed by atoms with van der Waals surface area (Å²) >= 11 is 0. The summed E-state index contributed by atoms with van der Waals surface area (Å²) in [4.78, 5) is 13.6. The fourth-order valence-corrected chi connectivity index (χ4v) is 3.98. The molecule has 110 valence electrons. The standard InChI is InChI=1S/C14H22N4O2/c1-3-17-5-10-4-11(12(15)19)16-18(10)9-14(8-17)6-13(2,20)7-14/h4,20H,3,5-9H2,1-2H3,(H2,15,19). The van der Waals surface area contributed by atoms with Crippen LogP contribution in [0.1, 0.15) is 42.9 Å². The van der Waals surface area contributed by atoms with Crippen LogP contribution in [0.25, 0.3) is 0 Å². The third-order valence-electron chi connectivity index (χ3n) is 4.50. The number of hydrogen-bond acceptors (Lipinski definition) is 4. The van der Waals surface area contributed by atoms with E-state index in [1.807, 2.05) is 11.6 Å². The first-order valence-corrected chi connectivity index (χ1v) is 7.14. The van der Waals surface area contributed by atoms with Crippen molar-refractivity contribution in [3.05, 3.63) is 17.5 Å². The molecule has 20 heavy (non-hydrogen) atoms. The Morgan fingerprint density at radius 3 is 2.75 bits per heavy atom. The number of hydrogen-bond donors (Lipinski definition) is 2. The van der Waals surface area contributed by atoms with Crippen molar-refractivity contribution in [2.45, 2.75) is 45.4 Å². The van der Waals surface area contributed by atoms with Crippen molar-refractivity contribution >= 4 is 5.91 Å². The highest BCUT2D eigenvalue weighted by molar-refractivity contribution is 5.90. The molecule has 1 spiro atoms. The lowest BCUT2D eigenvalue weighted by Gasteiger charge is -2.52. The Morgan fingerprint density at radius 1 is 1.50 bits per heavy atom. The van der Waals surface area contributed by atoms with E-state index in [1.165, 1.54) is 0 Å². The average Bonchev–Trinajstić information content (AvgIpc) is 2.62. The van der Waals surface area contributed by atoms with Gasteiger partial charge in [0.1, 0.15) is 5.69 Å². The van der Waals surface area contributed by atoms with E-state index in [0.717, 1.165) is 44.7 Å². The van der Waals surface area contributed by atoms with Crippen LogP contribution in [-0.2, 0) is 13.1 Å². The molecule has 1 amide bonds. The Bertz CT molecular complexity index is 541.